The van der Waals surface area contributed by atoms with E-state index in [4.69, 9.17) is 14.7 Å². The molecule has 1 aliphatic carbocycles. The molecule has 1 aliphatic heterocycles. The molecule has 0 aromatic carbocycles. The van der Waals surface area contributed by atoms with Crippen molar-refractivity contribution in [3.05, 3.63) is 17.6 Å². The molecular formula is C26H45N5O2. The summed E-state index contributed by atoms with van der Waals surface area (Å²) < 4.78 is 5.29. The summed E-state index contributed by atoms with van der Waals surface area (Å²) in [6, 6.07) is 3.05. The fraction of sp³-hybridized carbons (Fsp3) is 0.808. The third kappa shape index (κ3) is 7.64. The molecule has 1 aromatic heterocycles. The van der Waals surface area contributed by atoms with Gasteiger partial charge in [0.15, 0.2) is 0 Å². The summed E-state index contributed by atoms with van der Waals surface area (Å²) in [5, 5.41) is 3.09. The first kappa shape index (κ1) is 25.9. The molecule has 1 unspecified atom stereocenters. The molecule has 0 bridgehead atoms. The van der Waals surface area contributed by atoms with Crippen molar-refractivity contribution in [3.63, 3.8) is 0 Å². The number of methoxy groups -OCH3 is 1. The number of nitrogens with zero attached hydrogens (tertiary/aromatic N) is 4. The summed E-state index contributed by atoms with van der Waals surface area (Å²) in [7, 11) is 1.74. The largest absolute Gasteiger partial charge is 0.384 e. The number of anilines is 1. The third-order valence-corrected chi connectivity index (χ3v) is 7.17. The van der Waals surface area contributed by atoms with Gasteiger partial charge in [-0.25, -0.2) is 9.97 Å². The maximum absolute atomic E-state index is 11.3. The van der Waals surface area contributed by atoms with E-state index in [1.165, 1.54) is 25.8 Å². The summed E-state index contributed by atoms with van der Waals surface area (Å²) in [6.07, 6.45) is 6.81. The van der Waals surface area contributed by atoms with Gasteiger partial charge in [-0.15, -0.1) is 0 Å². The molecule has 3 rings (SSSR count). The van der Waals surface area contributed by atoms with Crippen molar-refractivity contribution >= 4 is 11.7 Å². The van der Waals surface area contributed by atoms with Gasteiger partial charge < -0.3 is 15.0 Å². The minimum atomic E-state index is -0.0792. The van der Waals surface area contributed by atoms with Crippen LogP contribution in [-0.2, 0) is 21.4 Å². The number of carbonyl (C=O) groups is 1. The Balaban J connectivity index is 1.54. The molecule has 1 saturated heterocycles. The third-order valence-electron chi connectivity index (χ3n) is 7.17. The highest BCUT2D eigenvalue weighted by Gasteiger charge is 2.28. The lowest BCUT2D eigenvalue weighted by atomic mass is 9.84. The molecule has 1 N–H and O–H groups in total. The Morgan fingerprint density at radius 2 is 1.91 bits per heavy atom. The van der Waals surface area contributed by atoms with Crippen LogP contribution in [0.15, 0.2) is 6.07 Å². The number of aromatic nitrogens is 2. The second-order valence-corrected chi connectivity index (χ2v) is 11.1. The zero-order valence-corrected chi connectivity index (χ0v) is 21.7. The standard InChI is InChI=1S/C26H45N5O2/c1-19-18-31(24-17-23(12-16-33-6)28-25(29-24)26(3,4)5)15-14-30(19)13-11-21-7-9-22(10-8-21)27-20(2)32/h17,19,21-22H,7-16,18H2,1-6H3,(H,27,32). The van der Waals surface area contributed by atoms with Gasteiger partial charge in [-0.2, -0.15) is 0 Å². The Morgan fingerprint density at radius 3 is 2.52 bits per heavy atom. The zero-order chi connectivity index (χ0) is 24.0. The molecule has 186 valence electrons. The smallest absolute Gasteiger partial charge is 0.217 e. The molecule has 2 aliphatic rings. The predicted molar refractivity (Wildman–Crippen MR) is 134 cm³/mol. The Hall–Kier alpha value is -1.73. The Labute approximate surface area is 200 Å². The van der Waals surface area contributed by atoms with Crippen LogP contribution in [-0.4, -0.2) is 72.8 Å². The Morgan fingerprint density at radius 1 is 1.18 bits per heavy atom. The minimum Gasteiger partial charge on any atom is -0.384 e. The first-order chi connectivity index (χ1) is 15.7. The lowest BCUT2D eigenvalue weighted by molar-refractivity contribution is -0.119. The second-order valence-electron chi connectivity index (χ2n) is 11.1. The van der Waals surface area contributed by atoms with Gasteiger partial charge >= 0.3 is 0 Å². The van der Waals surface area contributed by atoms with Crippen LogP contribution in [0.4, 0.5) is 5.82 Å². The number of nitrogens with one attached hydrogen (secondary N) is 1. The van der Waals surface area contributed by atoms with E-state index in [1.807, 2.05) is 0 Å². The van der Waals surface area contributed by atoms with Gasteiger partial charge in [0.2, 0.25) is 5.91 Å². The molecule has 7 heteroatoms. The Kier molecular flexibility index (Phi) is 9.10. The number of hydrogen-bond acceptors (Lipinski definition) is 6. The van der Waals surface area contributed by atoms with Gasteiger partial charge in [-0.1, -0.05) is 20.8 Å². The monoisotopic (exact) mass is 459 g/mol. The van der Waals surface area contributed by atoms with Gasteiger partial charge in [-0.3, -0.25) is 9.69 Å². The van der Waals surface area contributed by atoms with Crippen LogP contribution in [0.2, 0.25) is 0 Å². The van der Waals surface area contributed by atoms with Crippen LogP contribution < -0.4 is 10.2 Å². The number of amides is 1. The van der Waals surface area contributed by atoms with Crippen LogP contribution in [0.5, 0.6) is 0 Å². The van der Waals surface area contributed by atoms with Crippen LogP contribution in [0.3, 0.4) is 0 Å². The lowest BCUT2D eigenvalue weighted by Gasteiger charge is -2.41. The molecule has 2 heterocycles. The van der Waals surface area contributed by atoms with E-state index in [9.17, 15) is 4.79 Å². The van der Waals surface area contributed by atoms with Gasteiger partial charge in [-0.05, 0) is 51.5 Å². The molecule has 0 spiro atoms. The van der Waals surface area contributed by atoms with Gasteiger partial charge in [0.25, 0.3) is 0 Å². The number of hydrogen-bond donors (Lipinski definition) is 1. The van der Waals surface area contributed by atoms with E-state index in [-0.39, 0.29) is 11.3 Å². The first-order valence-corrected chi connectivity index (χ1v) is 12.8. The predicted octanol–water partition coefficient (Wildman–Crippen LogP) is 3.56. The highest BCUT2D eigenvalue weighted by atomic mass is 16.5. The van der Waals surface area contributed by atoms with Gasteiger partial charge in [0.1, 0.15) is 11.6 Å². The summed E-state index contributed by atoms with van der Waals surface area (Å²) in [4.78, 5) is 26.2. The number of carbonyl (C=O) groups excluding carboxylic acids is 1. The topological polar surface area (TPSA) is 70.6 Å². The number of ether oxygens (including phenoxy) is 1. The van der Waals surface area contributed by atoms with Crippen LogP contribution >= 0.6 is 0 Å². The Bertz CT molecular complexity index is 770. The number of piperazine rings is 1. The molecule has 7 nitrogen and oxygen atoms in total. The molecule has 2 fully saturated rings. The molecule has 33 heavy (non-hydrogen) atoms. The van der Waals surface area contributed by atoms with E-state index < -0.39 is 0 Å². The average Bonchev–Trinajstić information content (AvgIpc) is 2.76. The maximum atomic E-state index is 11.3. The van der Waals surface area contributed by atoms with Crippen molar-refractivity contribution < 1.29 is 9.53 Å². The fourth-order valence-corrected chi connectivity index (χ4v) is 5.08. The molecular weight excluding hydrogens is 414 g/mol. The lowest BCUT2D eigenvalue weighted by Crippen LogP contribution is -2.52. The van der Waals surface area contributed by atoms with Crippen molar-refractivity contribution in [2.24, 2.45) is 5.92 Å². The molecule has 1 atom stereocenters. The zero-order valence-electron chi connectivity index (χ0n) is 21.7. The van der Waals surface area contributed by atoms with Crippen LogP contribution in [0.25, 0.3) is 0 Å². The SMILES string of the molecule is COCCc1cc(N2CCN(CCC3CCC(NC(C)=O)CC3)C(C)C2)nc(C(C)(C)C)n1. The quantitative estimate of drug-likeness (QED) is 0.641. The van der Waals surface area contributed by atoms with Crippen molar-refractivity contribution in [2.75, 3.05) is 44.8 Å². The van der Waals surface area contributed by atoms with E-state index >= 15 is 0 Å². The summed E-state index contributed by atoms with van der Waals surface area (Å²) in [5.41, 5.74) is 0.987. The average molecular weight is 460 g/mol. The fourth-order valence-electron chi connectivity index (χ4n) is 5.08. The molecule has 1 saturated carbocycles. The second kappa shape index (κ2) is 11.6. The first-order valence-electron chi connectivity index (χ1n) is 12.8. The molecule has 1 aromatic rings. The maximum Gasteiger partial charge on any atom is 0.217 e. The van der Waals surface area contributed by atoms with Gasteiger partial charge in [0, 0.05) is 69.3 Å². The van der Waals surface area contributed by atoms with Crippen LogP contribution in [0.1, 0.15) is 78.2 Å². The van der Waals surface area contributed by atoms with E-state index in [2.05, 4.69) is 48.9 Å². The number of rotatable bonds is 8. The van der Waals surface area contributed by atoms with Crippen molar-refractivity contribution in [3.8, 4) is 0 Å². The van der Waals surface area contributed by atoms with Gasteiger partial charge in [0.05, 0.1) is 6.61 Å². The van der Waals surface area contributed by atoms with E-state index in [0.29, 0.717) is 18.7 Å². The van der Waals surface area contributed by atoms with E-state index in [0.717, 1.165) is 62.2 Å². The van der Waals surface area contributed by atoms with Crippen molar-refractivity contribution in [2.45, 2.75) is 90.6 Å². The minimum absolute atomic E-state index is 0.0792. The van der Waals surface area contributed by atoms with Crippen molar-refractivity contribution in [1.29, 1.82) is 0 Å². The summed E-state index contributed by atoms with van der Waals surface area (Å²) in [5.74, 6) is 2.87. The summed E-state index contributed by atoms with van der Waals surface area (Å²) in [6.45, 7) is 15.4. The normalized spacial score (nSPS) is 24.7. The van der Waals surface area contributed by atoms with Crippen molar-refractivity contribution in [1.82, 2.24) is 20.2 Å². The highest BCUT2D eigenvalue weighted by Crippen LogP contribution is 2.28. The van der Waals surface area contributed by atoms with E-state index in [1.54, 1.807) is 14.0 Å². The molecule has 0 radical (unpaired) electrons. The highest BCUT2D eigenvalue weighted by molar-refractivity contribution is 5.73. The van der Waals surface area contributed by atoms with Crippen LogP contribution in [0, 0.1) is 5.92 Å². The molecule has 1 amide bonds. The summed E-state index contributed by atoms with van der Waals surface area (Å²) >= 11 is 0.